The van der Waals surface area contributed by atoms with E-state index < -0.39 is 0 Å². The van der Waals surface area contributed by atoms with Gasteiger partial charge < -0.3 is 4.90 Å². The Labute approximate surface area is 133 Å². The van der Waals surface area contributed by atoms with Gasteiger partial charge in [-0.3, -0.25) is 9.69 Å². The van der Waals surface area contributed by atoms with E-state index in [4.69, 9.17) is 0 Å². The van der Waals surface area contributed by atoms with Crippen molar-refractivity contribution < 1.29 is 4.79 Å². The number of rotatable bonds is 9. The molecule has 0 saturated carbocycles. The first-order valence-electron chi connectivity index (χ1n) is 7.58. The standard InChI is InChI=1S/C17H28N2OS/c1-6-10-19(13-16-8-7-12-21-16)17(20)15(4)18(5)11-9-14(2)3/h6-8,12,14-15H,1,9-11,13H2,2-5H3. The Bertz CT molecular complexity index is 428. The van der Waals surface area contributed by atoms with Gasteiger partial charge >= 0.3 is 0 Å². The van der Waals surface area contributed by atoms with Crippen LogP contribution in [0.3, 0.4) is 0 Å². The van der Waals surface area contributed by atoms with E-state index in [2.05, 4.69) is 31.4 Å². The van der Waals surface area contributed by atoms with Crippen molar-refractivity contribution >= 4 is 17.2 Å². The van der Waals surface area contributed by atoms with Crippen LogP contribution in [0.5, 0.6) is 0 Å². The molecule has 118 valence electrons. The van der Waals surface area contributed by atoms with Gasteiger partial charge in [-0.15, -0.1) is 17.9 Å². The smallest absolute Gasteiger partial charge is 0.240 e. The molecule has 0 spiro atoms. The van der Waals surface area contributed by atoms with Crippen molar-refractivity contribution in [3.05, 3.63) is 35.0 Å². The van der Waals surface area contributed by atoms with Gasteiger partial charge in [0.25, 0.3) is 0 Å². The highest BCUT2D eigenvalue weighted by Crippen LogP contribution is 2.14. The van der Waals surface area contributed by atoms with Crippen LogP contribution in [0.2, 0.25) is 0 Å². The van der Waals surface area contributed by atoms with Gasteiger partial charge in [-0.2, -0.15) is 0 Å². The zero-order valence-corrected chi connectivity index (χ0v) is 14.5. The highest BCUT2D eigenvalue weighted by molar-refractivity contribution is 7.09. The lowest BCUT2D eigenvalue weighted by molar-refractivity contribution is -0.136. The topological polar surface area (TPSA) is 23.6 Å². The highest BCUT2D eigenvalue weighted by atomic mass is 32.1. The number of carbonyl (C=O) groups excluding carboxylic acids is 1. The van der Waals surface area contributed by atoms with Gasteiger partial charge in [0.05, 0.1) is 12.6 Å². The molecule has 3 nitrogen and oxygen atoms in total. The molecule has 0 aliphatic heterocycles. The van der Waals surface area contributed by atoms with Crippen molar-refractivity contribution in [3.8, 4) is 0 Å². The molecule has 1 aromatic rings. The maximum Gasteiger partial charge on any atom is 0.240 e. The molecule has 1 heterocycles. The summed E-state index contributed by atoms with van der Waals surface area (Å²) in [6.45, 7) is 12.4. The van der Waals surface area contributed by atoms with Gasteiger partial charge in [-0.05, 0) is 44.3 Å². The van der Waals surface area contributed by atoms with Crippen LogP contribution in [-0.4, -0.2) is 41.9 Å². The molecule has 0 fully saturated rings. The first kappa shape index (κ1) is 17.9. The Morgan fingerprint density at radius 1 is 1.43 bits per heavy atom. The van der Waals surface area contributed by atoms with E-state index in [1.54, 1.807) is 17.4 Å². The fourth-order valence-electron chi connectivity index (χ4n) is 2.09. The number of hydrogen-bond donors (Lipinski definition) is 0. The van der Waals surface area contributed by atoms with E-state index in [1.165, 1.54) is 4.88 Å². The number of nitrogens with zero attached hydrogens (tertiary/aromatic N) is 2. The first-order chi connectivity index (χ1) is 9.95. The molecule has 1 rings (SSSR count). The van der Waals surface area contributed by atoms with Gasteiger partial charge in [0.1, 0.15) is 0 Å². The van der Waals surface area contributed by atoms with Gasteiger partial charge in [-0.25, -0.2) is 0 Å². The van der Waals surface area contributed by atoms with Gasteiger partial charge in [0.15, 0.2) is 0 Å². The molecule has 1 aromatic heterocycles. The quantitative estimate of drug-likeness (QED) is 0.650. The van der Waals surface area contributed by atoms with Crippen LogP contribution >= 0.6 is 11.3 Å². The van der Waals surface area contributed by atoms with Crippen LogP contribution < -0.4 is 0 Å². The summed E-state index contributed by atoms with van der Waals surface area (Å²) < 4.78 is 0. The molecule has 0 bridgehead atoms. The van der Waals surface area contributed by atoms with E-state index >= 15 is 0 Å². The molecule has 0 radical (unpaired) electrons. The van der Waals surface area contributed by atoms with E-state index in [9.17, 15) is 4.79 Å². The molecule has 21 heavy (non-hydrogen) atoms. The predicted octanol–water partition coefficient (Wildman–Crippen LogP) is 3.63. The zero-order chi connectivity index (χ0) is 15.8. The molecule has 0 saturated heterocycles. The normalized spacial score (nSPS) is 12.7. The summed E-state index contributed by atoms with van der Waals surface area (Å²) in [5.74, 6) is 0.833. The average Bonchev–Trinajstić information content (AvgIpc) is 2.95. The van der Waals surface area contributed by atoms with Crippen molar-refractivity contribution in [1.29, 1.82) is 0 Å². The molecule has 1 amide bonds. The summed E-state index contributed by atoms with van der Waals surface area (Å²) in [5, 5.41) is 2.05. The Hall–Kier alpha value is -1.13. The summed E-state index contributed by atoms with van der Waals surface area (Å²) in [5.41, 5.74) is 0. The Morgan fingerprint density at radius 2 is 2.14 bits per heavy atom. The second-order valence-electron chi connectivity index (χ2n) is 5.93. The van der Waals surface area contributed by atoms with E-state index in [-0.39, 0.29) is 11.9 Å². The monoisotopic (exact) mass is 308 g/mol. The molecular formula is C17H28N2OS. The summed E-state index contributed by atoms with van der Waals surface area (Å²) in [6.07, 6.45) is 2.91. The average molecular weight is 308 g/mol. The fourth-order valence-corrected chi connectivity index (χ4v) is 2.81. The number of likely N-dealkylation sites (N-methyl/N-ethyl adjacent to an activating group) is 1. The SMILES string of the molecule is C=CCN(Cc1cccs1)C(=O)C(C)N(C)CCC(C)C. The van der Waals surface area contributed by atoms with Crippen molar-refractivity contribution in [2.45, 2.75) is 39.8 Å². The molecule has 0 aliphatic carbocycles. The van der Waals surface area contributed by atoms with Crippen molar-refractivity contribution in [2.24, 2.45) is 5.92 Å². The van der Waals surface area contributed by atoms with Gasteiger partial charge in [-0.1, -0.05) is 26.0 Å². The minimum atomic E-state index is -0.0938. The molecule has 1 atom stereocenters. The Kier molecular flexibility index (Phi) is 7.68. The minimum Gasteiger partial charge on any atom is -0.332 e. The maximum absolute atomic E-state index is 12.7. The first-order valence-corrected chi connectivity index (χ1v) is 8.46. The molecule has 0 N–H and O–H groups in total. The molecule has 0 aromatic carbocycles. The largest absolute Gasteiger partial charge is 0.332 e. The summed E-state index contributed by atoms with van der Waals surface area (Å²) in [4.78, 5) is 17.9. The molecule has 0 aliphatic rings. The van der Waals surface area contributed by atoms with Crippen LogP contribution in [0.25, 0.3) is 0 Å². The predicted molar refractivity (Wildman–Crippen MR) is 91.5 cm³/mol. The highest BCUT2D eigenvalue weighted by Gasteiger charge is 2.23. The lowest BCUT2D eigenvalue weighted by atomic mass is 10.1. The van der Waals surface area contributed by atoms with Gasteiger partial charge in [0, 0.05) is 11.4 Å². The van der Waals surface area contributed by atoms with Crippen molar-refractivity contribution in [3.63, 3.8) is 0 Å². The van der Waals surface area contributed by atoms with Crippen molar-refractivity contribution in [2.75, 3.05) is 20.1 Å². The molecule has 1 unspecified atom stereocenters. The van der Waals surface area contributed by atoms with E-state index in [0.29, 0.717) is 19.0 Å². The maximum atomic E-state index is 12.7. The van der Waals surface area contributed by atoms with Crippen LogP contribution in [0.4, 0.5) is 0 Å². The molecular weight excluding hydrogens is 280 g/mol. The molecule has 4 heteroatoms. The lowest BCUT2D eigenvalue weighted by Crippen LogP contribution is -2.45. The summed E-state index contributed by atoms with van der Waals surface area (Å²) >= 11 is 1.69. The third-order valence-corrected chi connectivity index (χ3v) is 4.53. The lowest BCUT2D eigenvalue weighted by Gasteiger charge is -2.30. The third kappa shape index (κ3) is 6.02. The van der Waals surface area contributed by atoms with E-state index in [0.717, 1.165) is 13.0 Å². The van der Waals surface area contributed by atoms with Crippen LogP contribution in [0, 0.1) is 5.92 Å². The van der Waals surface area contributed by atoms with Crippen LogP contribution in [0.15, 0.2) is 30.2 Å². The summed E-state index contributed by atoms with van der Waals surface area (Å²) in [6, 6.07) is 4.00. The van der Waals surface area contributed by atoms with Gasteiger partial charge in [0.2, 0.25) is 5.91 Å². The third-order valence-electron chi connectivity index (χ3n) is 3.67. The van der Waals surface area contributed by atoms with E-state index in [1.807, 2.05) is 30.3 Å². The fraction of sp³-hybridized carbons (Fsp3) is 0.588. The van der Waals surface area contributed by atoms with Crippen LogP contribution in [0.1, 0.15) is 32.1 Å². The second-order valence-corrected chi connectivity index (χ2v) is 6.96. The second kappa shape index (κ2) is 9.00. The number of amides is 1. The zero-order valence-electron chi connectivity index (χ0n) is 13.7. The Balaban J connectivity index is 2.63. The summed E-state index contributed by atoms with van der Waals surface area (Å²) in [7, 11) is 2.03. The number of thiophene rings is 1. The van der Waals surface area contributed by atoms with Crippen molar-refractivity contribution in [1.82, 2.24) is 9.80 Å². The minimum absolute atomic E-state index is 0.0938. The Morgan fingerprint density at radius 3 is 2.67 bits per heavy atom. The number of carbonyl (C=O) groups is 1. The number of hydrogen-bond acceptors (Lipinski definition) is 3. The van der Waals surface area contributed by atoms with Crippen LogP contribution in [-0.2, 0) is 11.3 Å².